The Hall–Kier alpha value is -0.830. The zero-order chi connectivity index (χ0) is 10.7. The molecule has 0 unspecified atom stereocenters. The molecule has 3 nitrogen and oxygen atoms in total. The highest BCUT2D eigenvalue weighted by Gasteiger charge is 2.42. The molecule has 3 heteroatoms. The van der Waals surface area contributed by atoms with Gasteiger partial charge in [-0.15, -0.1) is 0 Å². The minimum absolute atomic E-state index is 0.606. The van der Waals surface area contributed by atoms with E-state index in [0.717, 1.165) is 6.54 Å². The van der Waals surface area contributed by atoms with Crippen LogP contribution < -0.4 is 0 Å². The van der Waals surface area contributed by atoms with Crippen molar-refractivity contribution < 1.29 is 9.90 Å². The van der Waals surface area contributed by atoms with Crippen molar-refractivity contribution >= 4 is 5.97 Å². The lowest BCUT2D eigenvalue weighted by Gasteiger charge is -2.52. The van der Waals surface area contributed by atoms with Crippen LogP contribution >= 0.6 is 0 Å². The van der Waals surface area contributed by atoms with Gasteiger partial charge in [-0.3, -0.25) is 4.90 Å². The number of likely N-dealkylation sites (tertiary alicyclic amines) is 1. The predicted molar refractivity (Wildman–Crippen MR) is 58.7 cm³/mol. The van der Waals surface area contributed by atoms with Gasteiger partial charge >= 0.3 is 5.97 Å². The van der Waals surface area contributed by atoms with Crippen molar-refractivity contribution in [1.82, 2.24) is 4.90 Å². The van der Waals surface area contributed by atoms with Crippen molar-refractivity contribution in [2.75, 3.05) is 19.6 Å². The number of nitrogens with zero attached hydrogens (tertiary/aromatic N) is 1. The van der Waals surface area contributed by atoms with Crippen LogP contribution in [0.5, 0.6) is 0 Å². The first-order valence-electron chi connectivity index (χ1n) is 5.82. The van der Waals surface area contributed by atoms with E-state index >= 15 is 0 Å². The highest BCUT2D eigenvalue weighted by atomic mass is 16.4. The molecule has 1 aliphatic heterocycles. The summed E-state index contributed by atoms with van der Waals surface area (Å²) >= 11 is 0. The quantitative estimate of drug-likeness (QED) is 0.722. The zero-order valence-electron chi connectivity index (χ0n) is 9.11. The fraction of sp³-hybridized carbons (Fsp3) is 0.750. The molecule has 0 aromatic heterocycles. The normalized spacial score (nSPS) is 25.6. The van der Waals surface area contributed by atoms with Crippen LogP contribution in [-0.4, -0.2) is 35.6 Å². The third kappa shape index (κ3) is 2.59. The average Bonchev–Trinajstić information content (AvgIpc) is 2.16. The van der Waals surface area contributed by atoms with Crippen molar-refractivity contribution in [3.8, 4) is 0 Å². The minimum Gasteiger partial charge on any atom is -0.478 e. The monoisotopic (exact) mass is 209 g/mol. The summed E-state index contributed by atoms with van der Waals surface area (Å²) < 4.78 is 0. The maximum absolute atomic E-state index is 10.3. The second kappa shape index (κ2) is 4.35. The second-order valence-electron chi connectivity index (χ2n) is 4.97. The Bertz CT molecular complexity index is 259. The number of hydrogen-bond donors (Lipinski definition) is 1. The molecule has 1 saturated heterocycles. The van der Waals surface area contributed by atoms with Gasteiger partial charge in [0.2, 0.25) is 0 Å². The lowest BCUT2D eigenvalue weighted by atomic mass is 9.69. The highest BCUT2D eigenvalue weighted by Crippen LogP contribution is 2.43. The van der Waals surface area contributed by atoms with Gasteiger partial charge in [0.15, 0.2) is 0 Å². The summed E-state index contributed by atoms with van der Waals surface area (Å²) in [5.41, 5.74) is 0.606. The molecule has 1 saturated carbocycles. The summed E-state index contributed by atoms with van der Waals surface area (Å²) in [5, 5.41) is 8.45. The number of carboxylic acid groups (broad SMARTS) is 1. The molecule has 2 fully saturated rings. The molecule has 1 heterocycles. The molecule has 1 aliphatic carbocycles. The molecule has 2 aliphatic rings. The van der Waals surface area contributed by atoms with Gasteiger partial charge in [-0.25, -0.2) is 4.79 Å². The molecule has 15 heavy (non-hydrogen) atoms. The van der Waals surface area contributed by atoms with Crippen LogP contribution in [0.15, 0.2) is 12.2 Å². The van der Waals surface area contributed by atoms with E-state index in [4.69, 9.17) is 5.11 Å². The summed E-state index contributed by atoms with van der Waals surface area (Å²) in [7, 11) is 0. The summed E-state index contributed by atoms with van der Waals surface area (Å²) in [4.78, 5) is 12.6. The molecule has 2 rings (SSSR count). The summed E-state index contributed by atoms with van der Waals surface area (Å²) in [6.45, 7) is 3.15. The standard InChI is InChI=1S/C12H19NO2/c14-11(15)5-4-8-13-9-12(10-13)6-2-1-3-7-12/h4-5H,1-3,6-10H2,(H,14,15)/b5-4+. The fourth-order valence-corrected chi connectivity index (χ4v) is 2.95. The Morgan fingerprint density at radius 1 is 1.27 bits per heavy atom. The van der Waals surface area contributed by atoms with E-state index in [-0.39, 0.29) is 0 Å². The number of hydrogen-bond acceptors (Lipinski definition) is 2. The van der Waals surface area contributed by atoms with Gasteiger partial charge in [-0.1, -0.05) is 25.3 Å². The first kappa shape index (κ1) is 10.7. The van der Waals surface area contributed by atoms with Crippen LogP contribution in [0, 0.1) is 5.41 Å². The summed E-state index contributed by atoms with van der Waals surface area (Å²) in [6.07, 6.45) is 9.93. The first-order chi connectivity index (χ1) is 7.20. The van der Waals surface area contributed by atoms with E-state index in [9.17, 15) is 4.79 Å². The Kier molecular flexibility index (Phi) is 3.10. The van der Waals surface area contributed by atoms with E-state index in [2.05, 4.69) is 4.90 Å². The molecule has 0 radical (unpaired) electrons. The third-order valence-electron chi connectivity index (χ3n) is 3.66. The Morgan fingerprint density at radius 2 is 1.93 bits per heavy atom. The van der Waals surface area contributed by atoms with Crippen LogP contribution in [0.3, 0.4) is 0 Å². The van der Waals surface area contributed by atoms with Crippen LogP contribution in [0.25, 0.3) is 0 Å². The van der Waals surface area contributed by atoms with E-state index in [0.29, 0.717) is 5.41 Å². The molecular formula is C12H19NO2. The molecule has 1 spiro atoms. The molecule has 1 N–H and O–H groups in total. The number of rotatable bonds is 3. The van der Waals surface area contributed by atoms with Gasteiger partial charge in [0.25, 0.3) is 0 Å². The maximum Gasteiger partial charge on any atom is 0.328 e. The lowest BCUT2D eigenvalue weighted by molar-refractivity contribution is -0.131. The fourth-order valence-electron chi connectivity index (χ4n) is 2.95. The molecule has 0 aromatic carbocycles. The summed E-state index contributed by atoms with van der Waals surface area (Å²) in [6, 6.07) is 0. The molecule has 84 valence electrons. The lowest BCUT2D eigenvalue weighted by Crippen LogP contribution is -2.56. The Labute approximate surface area is 90.8 Å². The van der Waals surface area contributed by atoms with Gasteiger partial charge < -0.3 is 5.11 Å². The van der Waals surface area contributed by atoms with Gasteiger partial charge in [-0.05, 0) is 18.3 Å². The van der Waals surface area contributed by atoms with Gasteiger partial charge in [0.05, 0.1) is 0 Å². The van der Waals surface area contributed by atoms with Gasteiger partial charge in [0.1, 0.15) is 0 Å². The predicted octanol–water partition coefficient (Wildman–Crippen LogP) is 1.89. The van der Waals surface area contributed by atoms with Crippen molar-refractivity contribution in [3.63, 3.8) is 0 Å². The minimum atomic E-state index is -0.845. The Morgan fingerprint density at radius 3 is 2.53 bits per heavy atom. The molecular weight excluding hydrogens is 190 g/mol. The second-order valence-corrected chi connectivity index (χ2v) is 4.97. The van der Waals surface area contributed by atoms with Crippen molar-refractivity contribution in [1.29, 1.82) is 0 Å². The SMILES string of the molecule is O=C(O)/C=C/CN1CC2(CCCCC2)C1. The van der Waals surface area contributed by atoms with Crippen LogP contribution in [0.1, 0.15) is 32.1 Å². The number of carboxylic acids is 1. The molecule has 0 atom stereocenters. The van der Waals surface area contributed by atoms with Crippen molar-refractivity contribution in [2.24, 2.45) is 5.41 Å². The largest absolute Gasteiger partial charge is 0.478 e. The summed E-state index contributed by atoms with van der Waals surface area (Å²) in [5.74, 6) is -0.845. The zero-order valence-corrected chi connectivity index (χ0v) is 9.11. The number of carbonyl (C=O) groups is 1. The maximum atomic E-state index is 10.3. The average molecular weight is 209 g/mol. The molecule has 0 bridgehead atoms. The smallest absolute Gasteiger partial charge is 0.328 e. The van der Waals surface area contributed by atoms with E-state index in [1.807, 2.05) is 0 Å². The molecule has 0 amide bonds. The topological polar surface area (TPSA) is 40.5 Å². The first-order valence-corrected chi connectivity index (χ1v) is 5.82. The van der Waals surface area contributed by atoms with Gasteiger partial charge in [-0.2, -0.15) is 0 Å². The van der Waals surface area contributed by atoms with Crippen LogP contribution in [0.2, 0.25) is 0 Å². The van der Waals surface area contributed by atoms with Crippen LogP contribution in [0.4, 0.5) is 0 Å². The van der Waals surface area contributed by atoms with Crippen LogP contribution in [-0.2, 0) is 4.79 Å². The van der Waals surface area contributed by atoms with E-state index < -0.39 is 5.97 Å². The third-order valence-corrected chi connectivity index (χ3v) is 3.66. The number of aliphatic carboxylic acids is 1. The van der Waals surface area contributed by atoms with Crippen molar-refractivity contribution in [3.05, 3.63) is 12.2 Å². The van der Waals surface area contributed by atoms with E-state index in [1.165, 1.54) is 51.3 Å². The van der Waals surface area contributed by atoms with Gasteiger partial charge in [0, 0.05) is 25.7 Å². The van der Waals surface area contributed by atoms with E-state index in [1.54, 1.807) is 6.08 Å². The molecule has 0 aromatic rings. The Balaban J connectivity index is 1.70. The highest BCUT2D eigenvalue weighted by molar-refractivity contribution is 5.79. The van der Waals surface area contributed by atoms with Crippen molar-refractivity contribution in [2.45, 2.75) is 32.1 Å².